The molecule has 0 fully saturated rings. The molecule has 0 N–H and O–H groups in total. The van der Waals surface area contributed by atoms with E-state index in [4.69, 9.17) is 4.74 Å². The number of benzene rings is 2. The predicted octanol–water partition coefficient (Wildman–Crippen LogP) is 3.38. The van der Waals surface area contributed by atoms with E-state index in [9.17, 15) is 14.9 Å². The van der Waals surface area contributed by atoms with Crippen molar-refractivity contribution in [1.29, 1.82) is 0 Å². The monoisotopic (exact) mass is 357 g/mol. The van der Waals surface area contributed by atoms with Crippen LogP contribution in [-0.2, 0) is 16.1 Å². The predicted molar refractivity (Wildman–Crippen MR) is 100 cm³/mol. The second-order valence-corrected chi connectivity index (χ2v) is 11.5. The van der Waals surface area contributed by atoms with Crippen molar-refractivity contribution in [2.75, 3.05) is 6.54 Å². The van der Waals surface area contributed by atoms with Gasteiger partial charge in [-0.3, -0.25) is 14.9 Å². The number of esters is 1. The molecule has 0 saturated carbocycles. The van der Waals surface area contributed by atoms with Crippen LogP contribution in [0.3, 0.4) is 0 Å². The molecule has 2 aromatic carbocycles. The van der Waals surface area contributed by atoms with E-state index in [1.54, 1.807) is 0 Å². The molecule has 5 nitrogen and oxygen atoms in total. The molecule has 25 heavy (non-hydrogen) atoms. The lowest BCUT2D eigenvalue weighted by Gasteiger charge is -2.29. The Labute approximate surface area is 148 Å². The molecule has 1 unspecified atom stereocenters. The van der Waals surface area contributed by atoms with Gasteiger partial charge in [0.15, 0.2) is 0 Å². The van der Waals surface area contributed by atoms with Crippen LogP contribution in [0.25, 0.3) is 0 Å². The number of hydrogen-bond donors (Lipinski definition) is 0. The first-order valence-electron chi connectivity index (χ1n) is 8.26. The van der Waals surface area contributed by atoms with Crippen molar-refractivity contribution in [1.82, 2.24) is 0 Å². The Kier molecular flexibility index (Phi) is 6.47. The normalized spacial score (nSPS) is 12.4. The van der Waals surface area contributed by atoms with Crippen LogP contribution in [0.1, 0.15) is 12.0 Å². The molecular weight excluding hydrogens is 334 g/mol. The second-order valence-electron chi connectivity index (χ2n) is 6.65. The van der Waals surface area contributed by atoms with E-state index in [1.165, 1.54) is 0 Å². The quantitative estimate of drug-likeness (QED) is 0.314. The van der Waals surface area contributed by atoms with Gasteiger partial charge in [-0.2, -0.15) is 0 Å². The van der Waals surface area contributed by atoms with Gasteiger partial charge in [0.2, 0.25) is 6.54 Å². The van der Waals surface area contributed by atoms with Gasteiger partial charge in [-0.1, -0.05) is 78.9 Å². The van der Waals surface area contributed by atoms with Crippen molar-refractivity contribution < 1.29 is 14.5 Å². The fraction of sp³-hybridized carbons (Fsp3) is 0.316. The van der Waals surface area contributed by atoms with E-state index in [2.05, 4.69) is 13.1 Å². The molecule has 0 saturated heterocycles. The average molecular weight is 357 g/mol. The SMILES string of the molecule is C[Si](C)(c1ccccc1)C(CC(=O)OCc1ccccc1)C[N+](=O)[O-]. The maximum absolute atomic E-state index is 12.3. The first kappa shape index (κ1) is 18.9. The van der Waals surface area contributed by atoms with Gasteiger partial charge < -0.3 is 4.74 Å². The Morgan fingerprint density at radius 2 is 1.64 bits per heavy atom. The third kappa shape index (κ3) is 5.53. The van der Waals surface area contributed by atoms with Crippen LogP contribution in [0.2, 0.25) is 18.6 Å². The van der Waals surface area contributed by atoms with Crippen LogP contribution >= 0.6 is 0 Å². The number of nitrogens with zero attached hydrogens (tertiary/aromatic N) is 1. The smallest absolute Gasteiger partial charge is 0.306 e. The summed E-state index contributed by atoms with van der Waals surface area (Å²) in [7, 11) is -2.19. The molecule has 0 aliphatic carbocycles. The van der Waals surface area contributed by atoms with Crippen LogP contribution in [0.5, 0.6) is 0 Å². The highest BCUT2D eigenvalue weighted by atomic mass is 28.3. The maximum Gasteiger partial charge on any atom is 0.306 e. The lowest BCUT2D eigenvalue weighted by atomic mass is 10.2. The largest absolute Gasteiger partial charge is 0.461 e. The van der Waals surface area contributed by atoms with E-state index in [-0.39, 0.29) is 36.0 Å². The molecule has 6 heteroatoms. The fourth-order valence-electron chi connectivity index (χ4n) is 2.83. The molecule has 0 aromatic heterocycles. The Bertz CT molecular complexity index is 704. The molecule has 132 valence electrons. The number of nitro groups is 1. The van der Waals surface area contributed by atoms with Crippen LogP contribution in [-0.4, -0.2) is 25.5 Å². The van der Waals surface area contributed by atoms with E-state index in [0.717, 1.165) is 10.8 Å². The molecule has 0 amide bonds. The van der Waals surface area contributed by atoms with E-state index < -0.39 is 8.07 Å². The Balaban J connectivity index is 2.06. The van der Waals surface area contributed by atoms with Crippen molar-refractivity contribution in [2.24, 2.45) is 0 Å². The zero-order chi connectivity index (χ0) is 18.3. The highest BCUT2D eigenvalue weighted by Crippen LogP contribution is 2.26. The van der Waals surface area contributed by atoms with Gasteiger partial charge in [0, 0.05) is 10.5 Å². The number of carbonyl (C=O) groups is 1. The molecule has 0 heterocycles. The first-order valence-corrected chi connectivity index (χ1v) is 11.3. The van der Waals surface area contributed by atoms with Crippen molar-refractivity contribution in [3.05, 3.63) is 76.3 Å². The summed E-state index contributed by atoms with van der Waals surface area (Å²) in [6, 6.07) is 19.2. The van der Waals surface area contributed by atoms with E-state index in [1.807, 2.05) is 60.7 Å². The Morgan fingerprint density at radius 3 is 2.20 bits per heavy atom. The molecule has 1 atom stereocenters. The highest BCUT2D eigenvalue weighted by molar-refractivity contribution is 6.91. The minimum absolute atomic E-state index is 0.0714. The third-order valence-corrected chi connectivity index (χ3v) is 8.81. The van der Waals surface area contributed by atoms with Crippen LogP contribution in [0.4, 0.5) is 0 Å². The Hall–Kier alpha value is -2.47. The summed E-state index contributed by atoms with van der Waals surface area (Å²) in [5.41, 5.74) is 0.592. The van der Waals surface area contributed by atoms with E-state index >= 15 is 0 Å². The fourth-order valence-corrected chi connectivity index (χ4v) is 5.63. The molecule has 0 spiro atoms. The van der Waals surface area contributed by atoms with Crippen molar-refractivity contribution >= 4 is 19.2 Å². The number of ether oxygens (including phenoxy) is 1. The number of hydrogen-bond acceptors (Lipinski definition) is 4. The summed E-state index contributed by atoms with van der Waals surface area (Å²) < 4.78 is 5.33. The molecule has 0 aliphatic rings. The molecule has 0 radical (unpaired) electrons. The van der Waals surface area contributed by atoms with Crippen molar-refractivity contribution in [3.8, 4) is 0 Å². The standard InChI is InChI=1S/C19H23NO4Si/c1-25(2,17-11-7-4-8-12-17)18(14-20(22)23)13-19(21)24-15-16-9-5-3-6-10-16/h3-12,18H,13-15H2,1-2H3. The zero-order valence-electron chi connectivity index (χ0n) is 14.6. The van der Waals surface area contributed by atoms with Crippen LogP contribution in [0.15, 0.2) is 60.7 Å². The van der Waals surface area contributed by atoms with Gasteiger partial charge in [0.05, 0.1) is 14.5 Å². The lowest BCUT2D eigenvalue weighted by molar-refractivity contribution is -0.480. The lowest BCUT2D eigenvalue weighted by Crippen LogP contribution is -2.48. The second kappa shape index (κ2) is 8.57. The molecule has 0 aliphatic heterocycles. The van der Waals surface area contributed by atoms with E-state index in [0.29, 0.717) is 0 Å². The zero-order valence-corrected chi connectivity index (χ0v) is 15.6. The van der Waals surface area contributed by atoms with Gasteiger partial charge in [0.1, 0.15) is 6.61 Å². The topological polar surface area (TPSA) is 69.4 Å². The summed E-state index contributed by atoms with van der Waals surface area (Å²) >= 11 is 0. The van der Waals surface area contributed by atoms with Crippen molar-refractivity contribution in [3.63, 3.8) is 0 Å². The summed E-state index contributed by atoms with van der Waals surface area (Å²) in [6.07, 6.45) is 0.0714. The minimum Gasteiger partial charge on any atom is -0.461 e. The Morgan fingerprint density at radius 1 is 1.08 bits per heavy atom. The van der Waals surface area contributed by atoms with Gasteiger partial charge >= 0.3 is 5.97 Å². The number of carbonyl (C=O) groups excluding carboxylic acids is 1. The number of rotatable bonds is 8. The van der Waals surface area contributed by atoms with Gasteiger partial charge in [-0.15, -0.1) is 0 Å². The summed E-state index contributed by atoms with van der Waals surface area (Å²) in [5, 5.41) is 12.2. The molecule has 0 bridgehead atoms. The highest BCUT2D eigenvalue weighted by Gasteiger charge is 2.38. The van der Waals surface area contributed by atoms with Crippen LogP contribution < -0.4 is 5.19 Å². The molecule has 2 rings (SSSR count). The summed E-state index contributed by atoms with van der Waals surface area (Å²) in [6.45, 7) is 4.12. The summed E-state index contributed by atoms with van der Waals surface area (Å²) in [5.74, 6) is -0.382. The van der Waals surface area contributed by atoms with Gasteiger partial charge in [0.25, 0.3) is 0 Å². The van der Waals surface area contributed by atoms with Gasteiger partial charge in [-0.05, 0) is 5.56 Å². The maximum atomic E-state index is 12.3. The first-order chi connectivity index (χ1) is 11.9. The third-order valence-electron chi connectivity index (χ3n) is 4.56. The molecule has 2 aromatic rings. The van der Waals surface area contributed by atoms with Crippen molar-refractivity contribution in [2.45, 2.75) is 31.7 Å². The average Bonchev–Trinajstić information content (AvgIpc) is 2.60. The summed E-state index contributed by atoms with van der Waals surface area (Å²) in [4.78, 5) is 23.1. The van der Waals surface area contributed by atoms with Gasteiger partial charge in [-0.25, -0.2) is 0 Å². The minimum atomic E-state index is -2.19. The van der Waals surface area contributed by atoms with Crippen LogP contribution in [0, 0.1) is 10.1 Å². The molecular formula is C19H23NO4Si.